The van der Waals surface area contributed by atoms with Gasteiger partial charge in [0.1, 0.15) is 0 Å². The molecule has 0 amide bonds. The van der Waals surface area contributed by atoms with E-state index < -0.39 is 0 Å². The average molecular weight is 360 g/mol. The van der Waals surface area contributed by atoms with Crippen LogP contribution in [-0.2, 0) is 6.42 Å². The van der Waals surface area contributed by atoms with Crippen molar-refractivity contribution in [2.45, 2.75) is 34.1 Å². The molecule has 0 atom stereocenters. The van der Waals surface area contributed by atoms with E-state index in [-0.39, 0.29) is 0 Å². The summed E-state index contributed by atoms with van der Waals surface area (Å²) in [7, 11) is 0. The first-order valence-corrected chi connectivity index (χ1v) is 9.14. The lowest BCUT2D eigenvalue weighted by molar-refractivity contribution is 0.894. The lowest BCUT2D eigenvalue weighted by Gasteiger charge is -2.17. The Kier molecular flexibility index (Phi) is 6.78. The van der Waals surface area contributed by atoms with E-state index in [1.807, 2.05) is 38.1 Å². The lowest BCUT2D eigenvalue weighted by atomic mass is 9.99. The van der Waals surface area contributed by atoms with Crippen LogP contribution in [0.25, 0.3) is 0 Å². The summed E-state index contributed by atoms with van der Waals surface area (Å²) in [5, 5.41) is 4.29. The normalized spacial score (nSPS) is 13.0. The molecule has 1 heterocycles. The Morgan fingerprint density at radius 3 is 2.33 bits per heavy atom. The maximum absolute atomic E-state index is 5.82. The highest BCUT2D eigenvalue weighted by atomic mass is 15.3. The Labute approximate surface area is 163 Å². The van der Waals surface area contributed by atoms with Crippen molar-refractivity contribution in [3.8, 4) is 0 Å². The number of nitrogens with zero attached hydrogens (tertiary/aromatic N) is 1. The maximum atomic E-state index is 5.82. The molecule has 0 unspecified atom stereocenters. The highest BCUT2D eigenvalue weighted by Gasteiger charge is 2.12. The molecular weight excluding hydrogens is 330 g/mol. The summed E-state index contributed by atoms with van der Waals surface area (Å²) < 4.78 is 0. The van der Waals surface area contributed by atoms with Gasteiger partial charge in [0.2, 0.25) is 0 Å². The minimum Gasteiger partial charge on any atom is -0.399 e. The lowest BCUT2D eigenvalue weighted by Crippen LogP contribution is -2.17. The third-order valence-corrected chi connectivity index (χ3v) is 4.47. The largest absolute Gasteiger partial charge is 0.399 e. The second-order valence-electron chi connectivity index (χ2n) is 6.84. The van der Waals surface area contributed by atoms with Crippen molar-refractivity contribution in [3.05, 3.63) is 101 Å². The molecule has 0 radical (unpaired) electrons. The van der Waals surface area contributed by atoms with E-state index in [1.165, 1.54) is 11.1 Å². The van der Waals surface area contributed by atoms with Crippen LogP contribution in [0.15, 0.2) is 83.6 Å². The average Bonchev–Trinajstić information content (AvgIpc) is 2.65. The van der Waals surface area contributed by atoms with Crippen molar-refractivity contribution < 1.29 is 0 Å². The highest BCUT2D eigenvalue weighted by molar-refractivity contribution is 6.10. The van der Waals surface area contributed by atoms with Crippen LogP contribution < -0.4 is 11.2 Å². The van der Waals surface area contributed by atoms with Gasteiger partial charge in [-0.2, -0.15) is 5.10 Å². The van der Waals surface area contributed by atoms with Gasteiger partial charge < -0.3 is 5.73 Å². The van der Waals surface area contributed by atoms with Crippen LogP contribution in [0.1, 0.15) is 36.1 Å². The molecule has 0 bridgehead atoms. The molecule has 2 aromatic carbocycles. The number of nitrogens with two attached hydrogens (primary N) is 1. The van der Waals surface area contributed by atoms with Crippen LogP contribution in [0.5, 0.6) is 0 Å². The van der Waals surface area contributed by atoms with Gasteiger partial charge in [0.25, 0.3) is 0 Å². The zero-order chi connectivity index (χ0) is 20.0. The maximum Gasteiger partial charge on any atom is 0.0912 e. The van der Waals surface area contributed by atoms with Crippen LogP contribution in [-0.4, -0.2) is 5.71 Å². The van der Waals surface area contributed by atoms with Gasteiger partial charge >= 0.3 is 0 Å². The Hall–Kier alpha value is -3.07. The first-order chi connectivity index (χ1) is 12.8. The van der Waals surface area contributed by atoms with Crippen molar-refractivity contribution in [2.75, 3.05) is 5.73 Å². The Morgan fingerprint density at radius 1 is 1.11 bits per heavy atom. The summed E-state index contributed by atoms with van der Waals surface area (Å²) in [5.41, 5.74) is 18.0. The zero-order valence-corrected chi connectivity index (χ0v) is 16.8. The number of aryl methyl sites for hydroxylation is 3. The number of nitrogens with one attached hydrogen (secondary N) is 1. The molecule has 2 aromatic rings. The minimum absolute atomic E-state index is 0.776. The molecule has 3 heteroatoms. The summed E-state index contributed by atoms with van der Waals surface area (Å²) in [4.78, 5) is 0. The molecular formula is C24H29N3. The van der Waals surface area contributed by atoms with Crippen molar-refractivity contribution in [1.82, 2.24) is 5.43 Å². The summed E-state index contributed by atoms with van der Waals surface area (Å²) in [5.74, 6) is 0. The molecule has 0 saturated carbocycles. The van der Waals surface area contributed by atoms with E-state index >= 15 is 0 Å². The van der Waals surface area contributed by atoms with Crippen molar-refractivity contribution in [2.24, 2.45) is 5.10 Å². The van der Waals surface area contributed by atoms with Gasteiger partial charge in [-0.15, -0.1) is 0 Å². The summed E-state index contributed by atoms with van der Waals surface area (Å²) in [6, 6.07) is 14.5. The van der Waals surface area contributed by atoms with Gasteiger partial charge in [-0.25, -0.2) is 0 Å². The molecule has 140 valence electrons. The zero-order valence-electron chi connectivity index (χ0n) is 16.8. The van der Waals surface area contributed by atoms with Crippen LogP contribution in [0, 0.1) is 13.8 Å². The smallest absolute Gasteiger partial charge is 0.0912 e. The molecule has 0 spiro atoms. The summed E-state index contributed by atoms with van der Waals surface area (Å²) in [6.07, 6.45) is 3.13. The fourth-order valence-corrected chi connectivity index (χ4v) is 2.63. The predicted octanol–water partition coefficient (Wildman–Crippen LogP) is 5.46. The Bertz CT molecular complexity index is 900. The highest BCUT2D eigenvalue weighted by Crippen LogP contribution is 2.21. The molecule has 1 aliphatic rings. The SMILES string of the molecule is C=C(C)C1=CC(c2ccc(N)c(C)c2)=NNC1=C.CCc1ccc(C)cc1. The van der Waals surface area contributed by atoms with E-state index in [0.717, 1.165) is 45.8 Å². The van der Waals surface area contributed by atoms with E-state index in [0.29, 0.717) is 0 Å². The molecule has 0 fully saturated rings. The number of benzene rings is 2. The minimum atomic E-state index is 0.776. The number of hydrogen-bond donors (Lipinski definition) is 2. The number of hydrazone groups is 1. The standard InChI is InChI=1S/C15H17N3.C9H12/c1-9(2)13-8-15(18-17-11(13)4)12-5-6-14(16)10(3)7-12;1-3-9-6-4-8(2)5-7-9/h5-8,17H,1,4,16H2,2-3H3;4-7H,3H2,1-2H3. The number of anilines is 1. The topological polar surface area (TPSA) is 50.4 Å². The predicted molar refractivity (Wildman–Crippen MR) is 118 cm³/mol. The van der Waals surface area contributed by atoms with Gasteiger partial charge in [0.15, 0.2) is 0 Å². The van der Waals surface area contributed by atoms with E-state index in [1.54, 1.807) is 0 Å². The van der Waals surface area contributed by atoms with E-state index in [2.05, 4.69) is 61.8 Å². The van der Waals surface area contributed by atoms with Crippen LogP contribution in [0.2, 0.25) is 0 Å². The monoisotopic (exact) mass is 359 g/mol. The van der Waals surface area contributed by atoms with Crippen molar-refractivity contribution in [3.63, 3.8) is 0 Å². The second kappa shape index (κ2) is 9.04. The third kappa shape index (κ3) is 5.45. The van der Waals surface area contributed by atoms with E-state index in [9.17, 15) is 0 Å². The molecule has 1 aliphatic heterocycles. The molecule has 27 heavy (non-hydrogen) atoms. The summed E-state index contributed by atoms with van der Waals surface area (Å²) in [6.45, 7) is 16.1. The van der Waals surface area contributed by atoms with Crippen LogP contribution in [0.3, 0.4) is 0 Å². The molecule has 3 nitrogen and oxygen atoms in total. The Morgan fingerprint density at radius 2 is 1.78 bits per heavy atom. The fraction of sp³-hybridized carbons (Fsp3) is 0.208. The van der Waals surface area contributed by atoms with Crippen LogP contribution in [0.4, 0.5) is 5.69 Å². The first kappa shape index (κ1) is 20.2. The molecule has 3 N–H and O–H groups in total. The van der Waals surface area contributed by atoms with Crippen molar-refractivity contribution in [1.29, 1.82) is 0 Å². The second-order valence-corrected chi connectivity index (χ2v) is 6.84. The Balaban J connectivity index is 0.000000244. The van der Waals surface area contributed by atoms with Gasteiger partial charge in [-0.1, -0.05) is 56.0 Å². The number of nitrogen functional groups attached to an aromatic ring is 1. The molecule has 0 aromatic heterocycles. The third-order valence-electron chi connectivity index (χ3n) is 4.47. The van der Waals surface area contributed by atoms with Crippen LogP contribution >= 0.6 is 0 Å². The van der Waals surface area contributed by atoms with E-state index in [4.69, 9.17) is 5.73 Å². The summed E-state index contributed by atoms with van der Waals surface area (Å²) >= 11 is 0. The number of hydrogen-bond acceptors (Lipinski definition) is 3. The number of allylic oxidation sites excluding steroid dienone is 2. The molecule has 3 rings (SSSR count). The fourth-order valence-electron chi connectivity index (χ4n) is 2.63. The van der Waals surface area contributed by atoms with Gasteiger partial charge in [-0.05, 0) is 62.1 Å². The molecule has 0 saturated heterocycles. The van der Waals surface area contributed by atoms with Crippen molar-refractivity contribution >= 4 is 11.4 Å². The number of rotatable bonds is 3. The van der Waals surface area contributed by atoms with Gasteiger partial charge in [0, 0.05) is 16.8 Å². The molecule has 0 aliphatic carbocycles. The first-order valence-electron chi connectivity index (χ1n) is 9.14. The van der Waals surface area contributed by atoms with Gasteiger partial charge in [-0.3, -0.25) is 5.43 Å². The quantitative estimate of drug-likeness (QED) is 0.715. The van der Waals surface area contributed by atoms with Gasteiger partial charge in [0.05, 0.1) is 11.4 Å².